The van der Waals surface area contributed by atoms with Crippen molar-refractivity contribution in [2.24, 2.45) is 0 Å². The van der Waals surface area contributed by atoms with E-state index in [0.29, 0.717) is 13.1 Å². The van der Waals surface area contributed by atoms with Crippen molar-refractivity contribution in [3.05, 3.63) is 59.7 Å². The third kappa shape index (κ3) is 3.47. The molecule has 0 unspecified atom stereocenters. The van der Waals surface area contributed by atoms with Crippen molar-refractivity contribution in [2.45, 2.75) is 13.5 Å². The Morgan fingerprint density at radius 3 is 2.74 bits per heavy atom. The number of aryl methyl sites for hydroxylation is 1. The van der Waals surface area contributed by atoms with Crippen LogP contribution in [-0.2, 0) is 11.3 Å². The Morgan fingerprint density at radius 1 is 1.17 bits per heavy atom. The number of hydrogen-bond donors (Lipinski definition) is 1. The van der Waals surface area contributed by atoms with Crippen LogP contribution >= 0.6 is 0 Å². The molecule has 0 fully saturated rings. The minimum absolute atomic E-state index is 0.143. The fourth-order valence-electron chi connectivity index (χ4n) is 2.92. The molecule has 23 heavy (non-hydrogen) atoms. The molecule has 1 aliphatic heterocycles. The number of hydrogen-bond acceptors (Lipinski definition) is 3. The third-order valence-electron chi connectivity index (χ3n) is 4.36. The monoisotopic (exact) mass is 309 g/mol. The van der Waals surface area contributed by atoms with Gasteiger partial charge in [0, 0.05) is 26.7 Å². The maximum absolute atomic E-state index is 12.6. The molecule has 2 aromatic carbocycles. The van der Waals surface area contributed by atoms with Gasteiger partial charge in [0.2, 0.25) is 5.91 Å². The van der Waals surface area contributed by atoms with Gasteiger partial charge in [-0.2, -0.15) is 0 Å². The summed E-state index contributed by atoms with van der Waals surface area (Å²) in [6.07, 6.45) is 0. The highest BCUT2D eigenvalue weighted by atomic mass is 16.2. The Hall–Kier alpha value is -2.49. The third-order valence-corrected chi connectivity index (χ3v) is 4.36. The van der Waals surface area contributed by atoms with Gasteiger partial charge < -0.3 is 15.1 Å². The summed E-state index contributed by atoms with van der Waals surface area (Å²) in [5.41, 5.74) is 4.63. The highest BCUT2D eigenvalue weighted by molar-refractivity contribution is 5.84. The molecule has 0 bridgehead atoms. The standard InChI is InChI=1S/C19H23N3O/c1-15-7-3-4-8-16(15)13-21(2)19(23)14-22-12-11-20-17-9-5-6-10-18(17)22/h3-10,20H,11-14H2,1-2H3. The Balaban J connectivity index is 1.67. The maximum atomic E-state index is 12.6. The summed E-state index contributed by atoms with van der Waals surface area (Å²) in [4.78, 5) is 16.6. The lowest BCUT2D eigenvalue weighted by Crippen LogP contribution is -2.42. The molecule has 0 saturated heterocycles. The Labute approximate surface area is 137 Å². The van der Waals surface area contributed by atoms with Crippen LogP contribution in [0.3, 0.4) is 0 Å². The molecule has 1 N–H and O–H groups in total. The molecular weight excluding hydrogens is 286 g/mol. The molecule has 1 amide bonds. The van der Waals surface area contributed by atoms with Gasteiger partial charge in [-0.15, -0.1) is 0 Å². The SMILES string of the molecule is Cc1ccccc1CN(C)C(=O)CN1CCNc2ccccc21. The molecule has 3 rings (SSSR count). The van der Waals surface area contributed by atoms with Crippen molar-refractivity contribution in [2.75, 3.05) is 36.9 Å². The molecule has 1 aliphatic rings. The summed E-state index contributed by atoms with van der Waals surface area (Å²) in [6.45, 7) is 4.87. The van der Waals surface area contributed by atoms with E-state index in [0.717, 1.165) is 24.5 Å². The van der Waals surface area contributed by atoms with Crippen molar-refractivity contribution in [1.29, 1.82) is 0 Å². The van der Waals surface area contributed by atoms with Crippen LogP contribution in [0.2, 0.25) is 0 Å². The topological polar surface area (TPSA) is 35.6 Å². The summed E-state index contributed by atoms with van der Waals surface area (Å²) in [5.74, 6) is 0.143. The van der Waals surface area contributed by atoms with E-state index in [1.165, 1.54) is 11.1 Å². The van der Waals surface area contributed by atoms with Gasteiger partial charge in [0.1, 0.15) is 0 Å². The predicted octanol–water partition coefficient (Wildman–Crippen LogP) is 2.89. The van der Waals surface area contributed by atoms with Crippen molar-refractivity contribution < 1.29 is 4.79 Å². The average molecular weight is 309 g/mol. The molecule has 0 spiro atoms. The van der Waals surface area contributed by atoms with Gasteiger partial charge >= 0.3 is 0 Å². The number of carbonyl (C=O) groups excluding carboxylic acids is 1. The fraction of sp³-hybridized carbons (Fsp3) is 0.316. The van der Waals surface area contributed by atoms with Gasteiger partial charge in [0.25, 0.3) is 0 Å². The van der Waals surface area contributed by atoms with Crippen molar-refractivity contribution in [1.82, 2.24) is 4.90 Å². The lowest BCUT2D eigenvalue weighted by Gasteiger charge is -2.32. The Bertz CT molecular complexity index is 699. The number of rotatable bonds is 4. The van der Waals surface area contributed by atoms with E-state index in [4.69, 9.17) is 0 Å². The summed E-state index contributed by atoms with van der Waals surface area (Å²) in [5, 5.41) is 3.38. The van der Waals surface area contributed by atoms with Crippen LogP contribution in [0.4, 0.5) is 11.4 Å². The van der Waals surface area contributed by atoms with E-state index < -0.39 is 0 Å². The predicted molar refractivity (Wildman–Crippen MR) is 94.8 cm³/mol. The van der Waals surface area contributed by atoms with Gasteiger partial charge in [0.15, 0.2) is 0 Å². The minimum Gasteiger partial charge on any atom is -0.382 e. The Morgan fingerprint density at radius 2 is 1.91 bits per heavy atom. The van der Waals surface area contributed by atoms with Gasteiger partial charge in [-0.25, -0.2) is 0 Å². The molecule has 0 radical (unpaired) electrons. The largest absolute Gasteiger partial charge is 0.382 e. The van der Waals surface area contributed by atoms with Crippen LogP contribution in [-0.4, -0.2) is 37.5 Å². The summed E-state index contributed by atoms with van der Waals surface area (Å²) in [7, 11) is 1.88. The van der Waals surface area contributed by atoms with E-state index >= 15 is 0 Å². The number of likely N-dealkylation sites (N-methyl/N-ethyl adjacent to an activating group) is 1. The van der Waals surface area contributed by atoms with E-state index in [2.05, 4.69) is 41.4 Å². The van der Waals surface area contributed by atoms with Crippen LogP contribution in [0.1, 0.15) is 11.1 Å². The van der Waals surface area contributed by atoms with Crippen LogP contribution < -0.4 is 10.2 Å². The first-order valence-corrected chi connectivity index (χ1v) is 8.01. The molecule has 0 aromatic heterocycles. The maximum Gasteiger partial charge on any atom is 0.242 e. The molecule has 0 saturated carbocycles. The first kappa shape index (κ1) is 15.4. The molecular formula is C19H23N3O. The smallest absolute Gasteiger partial charge is 0.242 e. The van der Waals surface area contributed by atoms with Crippen molar-refractivity contribution in [3.8, 4) is 0 Å². The first-order valence-electron chi connectivity index (χ1n) is 8.01. The Kier molecular flexibility index (Phi) is 4.51. The number of carbonyl (C=O) groups is 1. The number of para-hydroxylation sites is 2. The van der Waals surface area contributed by atoms with Crippen LogP contribution in [0.25, 0.3) is 0 Å². The van der Waals surface area contributed by atoms with E-state index in [1.807, 2.05) is 36.2 Å². The second-order valence-electron chi connectivity index (χ2n) is 6.04. The zero-order chi connectivity index (χ0) is 16.2. The summed E-state index contributed by atoms with van der Waals surface area (Å²) in [6, 6.07) is 16.4. The fourth-order valence-corrected chi connectivity index (χ4v) is 2.92. The highest BCUT2D eigenvalue weighted by Crippen LogP contribution is 2.28. The summed E-state index contributed by atoms with van der Waals surface area (Å²) < 4.78 is 0. The molecule has 120 valence electrons. The summed E-state index contributed by atoms with van der Waals surface area (Å²) >= 11 is 0. The van der Waals surface area contributed by atoms with Gasteiger partial charge in [-0.3, -0.25) is 4.79 Å². The second-order valence-corrected chi connectivity index (χ2v) is 6.04. The lowest BCUT2D eigenvalue weighted by molar-refractivity contribution is -0.128. The molecule has 4 heteroatoms. The molecule has 1 heterocycles. The van der Waals surface area contributed by atoms with Gasteiger partial charge in [-0.1, -0.05) is 36.4 Å². The van der Waals surface area contributed by atoms with Gasteiger partial charge in [0.05, 0.1) is 17.9 Å². The molecule has 0 aliphatic carbocycles. The van der Waals surface area contributed by atoms with Crippen LogP contribution in [0.5, 0.6) is 0 Å². The zero-order valence-corrected chi connectivity index (χ0v) is 13.7. The number of nitrogens with zero attached hydrogens (tertiary/aromatic N) is 2. The second kappa shape index (κ2) is 6.73. The van der Waals surface area contributed by atoms with Crippen LogP contribution in [0, 0.1) is 6.92 Å². The number of anilines is 2. The normalized spacial score (nSPS) is 13.2. The van der Waals surface area contributed by atoms with E-state index in [9.17, 15) is 4.79 Å². The van der Waals surface area contributed by atoms with Crippen LogP contribution in [0.15, 0.2) is 48.5 Å². The number of amides is 1. The highest BCUT2D eigenvalue weighted by Gasteiger charge is 2.20. The van der Waals surface area contributed by atoms with E-state index in [-0.39, 0.29) is 5.91 Å². The molecule has 2 aromatic rings. The lowest BCUT2D eigenvalue weighted by atomic mass is 10.1. The quantitative estimate of drug-likeness (QED) is 0.943. The molecule has 4 nitrogen and oxygen atoms in total. The van der Waals surface area contributed by atoms with Gasteiger partial charge in [-0.05, 0) is 30.2 Å². The van der Waals surface area contributed by atoms with Crippen molar-refractivity contribution in [3.63, 3.8) is 0 Å². The number of benzene rings is 2. The average Bonchev–Trinajstić information content (AvgIpc) is 2.57. The van der Waals surface area contributed by atoms with E-state index in [1.54, 1.807) is 0 Å². The number of fused-ring (bicyclic) bond motifs is 1. The zero-order valence-electron chi connectivity index (χ0n) is 13.7. The number of nitrogens with one attached hydrogen (secondary N) is 1. The van der Waals surface area contributed by atoms with Crippen molar-refractivity contribution >= 4 is 17.3 Å². The molecule has 0 atom stereocenters. The minimum atomic E-state index is 0.143. The first-order chi connectivity index (χ1) is 11.1.